The molecule has 1 aliphatic rings. The summed E-state index contributed by atoms with van der Waals surface area (Å²) >= 11 is 0. The smallest absolute Gasteiger partial charge is 0.241 e. The molecule has 4 nitrogen and oxygen atoms in total. The fraction of sp³-hybridized carbons (Fsp3) is 0.529. The fourth-order valence-corrected chi connectivity index (χ4v) is 2.30. The molecular formula is C17H27N3OS. The maximum Gasteiger partial charge on any atom is 0.241 e. The summed E-state index contributed by atoms with van der Waals surface area (Å²) in [6.45, 7) is 6.07. The molecule has 1 saturated heterocycles. The van der Waals surface area contributed by atoms with Crippen LogP contribution in [0.1, 0.15) is 19.5 Å². The lowest BCUT2D eigenvalue weighted by molar-refractivity contribution is -0.120. The SMILES string of the molecule is CC.CN1CCN(c2ccc(C#CS(C)(C)C)nc2)C(=O)C1. The summed E-state index contributed by atoms with van der Waals surface area (Å²) in [6.07, 6.45) is 8.19. The van der Waals surface area contributed by atoms with Crippen molar-refractivity contribution < 1.29 is 4.79 Å². The highest BCUT2D eigenvalue weighted by atomic mass is 32.3. The van der Waals surface area contributed by atoms with E-state index in [1.807, 2.05) is 37.9 Å². The van der Waals surface area contributed by atoms with Gasteiger partial charge >= 0.3 is 0 Å². The Bertz CT molecular complexity index is 552. The van der Waals surface area contributed by atoms with Crippen LogP contribution in [-0.4, -0.2) is 61.2 Å². The first-order valence-electron chi connectivity index (χ1n) is 7.51. The minimum absolute atomic E-state index is 0.124. The van der Waals surface area contributed by atoms with Crippen LogP contribution in [0.3, 0.4) is 0 Å². The van der Waals surface area contributed by atoms with Gasteiger partial charge in [0, 0.05) is 13.1 Å². The van der Waals surface area contributed by atoms with Gasteiger partial charge in [0.15, 0.2) is 0 Å². The summed E-state index contributed by atoms with van der Waals surface area (Å²) in [7, 11) is 1.12. The largest absolute Gasteiger partial charge is 0.308 e. The number of likely N-dealkylation sites (N-methyl/N-ethyl adjacent to an activating group) is 1. The van der Waals surface area contributed by atoms with Gasteiger partial charge in [-0.25, -0.2) is 4.98 Å². The fourth-order valence-electron chi connectivity index (χ4n) is 1.89. The van der Waals surface area contributed by atoms with Crippen LogP contribution in [0.25, 0.3) is 0 Å². The molecule has 0 saturated carbocycles. The molecule has 0 unspecified atom stereocenters. The molecule has 0 atom stereocenters. The van der Waals surface area contributed by atoms with Crippen LogP contribution >= 0.6 is 10.0 Å². The van der Waals surface area contributed by atoms with Crippen LogP contribution in [0, 0.1) is 11.2 Å². The van der Waals surface area contributed by atoms with E-state index in [0.29, 0.717) is 13.1 Å². The molecule has 2 rings (SSSR count). The van der Waals surface area contributed by atoms with E-state index in [2.05, 4.69) is 34.9 Å². The maximum atomic E-state index is 12.0. The Hall–Kier alpha value is -1.51. The summed E-state index contributed by atoms with van der Waals surface area (Å²) < 4.78 is 0. The summed E-state index contributed by atoms with van der Waals surface area (Å²) in [5.41, 5.74) is 1.62. The molecule has 1 aliphatic heterocycles. The maximum absolute atomic E-state index is 12.0. The highest BCUT2D eigenvalue weighted by molar-refractivity contribution is 8.35. The molecular weight excluding hydrogens is 294 g/mol. The van der Waals surface area contributed by atoms with E-state index < -0.39 is 10.0 Å². The number of aromatic nitrogens is 1. The average molecular weight is 321 g/mol. The van der Waals surface area contributed by atoms with E-state index in [9.17, 15) is 4.79 Å². The van der Waals surface area contributed by atoms with E-state index in [1.165, 1.54) is 0 Å². The molecule has 2 heterocycles. The molecule has 1 aromatic rings. The third-order valence-corrected chi connectivity index (χ3v) is 3.67. The van der Waals surface area contributed by atoms with Crippen molar-refractivity contribution in [3.63, 3.8) is 0 Å². The van der Waals surface area contributed by atoms with Crippen LogP contribution in [0.15, 0.2) is 18.3 Å². The van der Waals surface area contributed by atoms with Gasteiger partial charge in [0.1, 0.15) is 5.69 Å². The molecule has 22 heavy (non-hydrogen) atoms. The first-order valence-corrected chi connectivity index (χ1v) is 10.4. The molecule has 0 N–H and O–H groups in total. The van der Waals surface area contributed by atoms with Crippen molar-refractivity contribution in [2.75, 3.05) is 50.3 Å². The number of anilines is 1. The van der Waals surface area contributed by atoms with Crippen molar-refractivity contribution in [3.05, 3.63) is 24.0 Å². The van der Waals surface area contributed by atoms with Crippen molar-refractivity contribution in [2.24, 2.45) is 0 Å². The van der Waals surface area contributed by atoms with Gasteiger partial charge in [-0.1, -0.05) is 13.8 Å². The molecule has 0 aliphatic carbocycles. The number of nitrogens with zero attached hydrogens (tertiary/aromatic N) is 3. The first-order chi connectivity index (χ1) is 10.3. The predicted octanol–water partition coefficient (Wildman–Crippen LogP) is 2.39. The topological polar surface area (TPSA) is 36.4 Å². The number of amides is 1. The number of piperazine rings is 1. The molecule has 0 radical (unpaired) electrons. The second-order valence-electron chi connectivity index (χ2n) is 5.75. The number of carbonyl (C=O) groups is 1. The average Bonchev–Trinajstić information content (AvgIpc) is 2.47. The van der Waals surface area contributed by atoms with Crippen molar-refractivity contribution in [1.29, 1.82) is 0 Å². The molecule has 1 fully saturated rings. The van der Waals surface area contributed by atoms with Crippen molar-refractivity contribution >= 4 is 21.6 Å². The van der Waals surface area contributed by atoms with Crippen LogP contribution in [0.2, 0.25) is 0 Å². The lowest BCUT2D eigenvalue weighted by Gasteiger charge is -2.31. The van der Waals surface area contributed by atoms with E-state index in [1.54, 1.807) is 11.1 Å². The van der Waals surface area contributed by atoms with Crippen molar-refractivity contribution in [1.82, 2.24) is 9.88 Å². The van der Waals surface area contributed by atoms with Gasteiger partial charge in [0.2, 0.25) is 5.91 Å². The zero-order valence-corrected chi connectivity index (χ0v) is 15.3. The van der Waals surface area contributed by atoms with E-state index in [-0.39, 0.29) is 5.91 Å². The molecule has 1 aromatic heterocycles. The molecule has 0 spiro atoms. The monoisotopic (exact) mass is 321 g/mol. The van der Waals surface area contributed by atoms with Gasteiger partial charge < -0.3 is 4.90 Å². The number of pyridine rings is 1. The highest BCUT2D eigenvalue weighted by Crippen LogP contribution is 2.32. The van der Waals surface area contributed by atoms with Gasteiger partial charge in [0.25, 0.3) is 0 Å². The second-order valence-corrected chi connectivity index (χ2v) is 9.63. The predicted molar refractivity (Wildman–Crippen MR) is 97.7 cm³/mol. The van der Waals surface area contributed by atoms with Gasteiger partial charge in [0.05, 0.1) is 18.4 Å². The van der Waals surface area contributed by atoms with Crippen LogP contribution in [-0.2, 0) is 4.79 Å². The van der Waals surface area contributed by atoms with Crippen LogP contribution < -0.4 is 4.90 Å². The van der Waals surface area contributed by atoms with Crippen LogP contribution in [0.5, 0.6) is 0 Å². The van der Waals surface area contributed by atoms with Gasteiger partial charge in [-0.2, -0.15) is 10.0 Å². The Labute approximate surface area is 136 Å². The van der Waals surface area contributed by atoms with Gasteiger partial charge in [-0.15, -0.1) is 0 Å². The Morgan fingerprint density at radius 1 is 1.18 bits per heavy atom. The number of hydrogen-bond donors (Lipinski definition) is 0. The van der Waals surface area contributed by atoms with E-state index in [4.69, 9.17) is 0 Å². The zero-order chi connectivity index (χ0) is 16.8. The lowest BCUT2D eigenvalue weighted by Crippen LogP contribution is -2.48. The summed E-state index contributed by atoms with van der Waals surface area (Å²) in [5.74, 6) is 3.22. The van der Waals surface area contributed by atoms with Gasteiger partial charge in [-0.3, -0.25) is 9.69 Å². The standard InChI is InChI=1S/C15H21N3OS.C2H6/c1-17-8-9-18(15(19)12-17)14-6-5-13(16-11-14)7-10-20(2,3)4;1-2/h5-6,11H,8-9,12H2,1-4H3;1-2H3. The Kier molecular flexibility index (Phi) is 6.92. The minimum atomic E-state index is -0.839. The highest BCUT2D eigenvalue weighted by Gasteiger charge is 2.22. The number of hydrogen-bond acceptors (Lipinski definition) is 3. The minimum Gasteiger partial charge on any atom is -0.308 e. The zero-order valence-electron chi connectivity index (χ0n) is 14.5. The Morgan fingerprint density at radius 2 is 1.86 bits per heavy atom. The van der Waals surface area contributed by atoms with E-state index in [0.717, 1.165) is 17.9 Å². The van der Waals surface area contributed by atoms with Gasteiger partial charge in [-0.05, 0) is 49.1 Å². The molecule has 0 aromatic carbocycles. The Morgan fingerprint density at radius 3 is 2.36 bits per heavy atom. The van der Waals surface area contributed by atoms with Crippen LogP contribution in [0.4, 0.5) is 5.69 Å². The quantitative estimate of drug-likeness (QED) is 0.745. The third-order valence-electron chi connectivity index (χ3n) is 2.96. The van der Waals surface area contributed by atoms with E-state index >= 15 is 0 Å². The normalized spacial score (nSPS) is 16.3. The van der Waals surface area contributed by atoms with Crippen molar-refractivity contribution in [3.8, 4) is 11.2 Å². The molecule has 1 amide bonds. The first kappa shape index (κ1) is 18.5. The van der Waals surface area contributed by atoms with Crippen molar-refractivity contribution in [2.45, 2.75) is 13.8 Å². The lowest BCUT2D eigenvalue weighted by atomic mass is 10.2. The number of rotatable bonds is 1. The Balaban J connectivity index is 0.00000116. The number of carbonyl (C=O) groups excluding carboxylic acids is 1. The molecule has 0 bridgehead atoms. The molecule has 122 valence electrons. The summed E-state index contributed by atoms with van der Waals surface area (Å²) in [4.78, 5) is 20.1. The molecule has 5 heteroatoms. The summed E-state index contributed by atoms with van der Waals surface area (Å²) in [5, 5.41) is 3.24. The third kappa shape index (κ3) is 5.70. The summed E-state index contributed by atoms with van der Waals surface area (Å²) in [6, 6.07) is 3.82. The second kappa shape index (κ2) is 8.21.